The van der Waals surface area contributed by atoms with Crippen molar-refractivity contribution >= 4 is 50.9 Å². The van der Waals surface area contributed by atoms with Crippen LogP contribution in [0.4, 0.5) is 10.1 Å². The standard InChI is InChI=1S/C27H21FN8O2S/c1-3-4-20(38)32-15-9-14(10-29-11-15)17-12-31-25-21(22(17)28)24(35-36-25)27-33-23-16(7-8-30-26(23)34-27)19-6-5-18(39-19)13(2)37/h5-12H,3-4H2,1-2H3,(H,32,38)(H,30,33,34)(H,31,35,36). The number of halogens is 1. The molecule has 0 bridgehead atoms. The second-order valence-electron chi connectivity index (χ2n) is 8.91. The maximum Gasteiger partial charge on any atom is 0.224 e. The molecule has 0 atom stereocenters. The predicted molar refractivity (Wildman–Crippen MR) is 147 cm³/mol. The second kappa shape index (κ2) is 9.80. The van der Waals surface area contributed by atoms with Crippen LogP contribution in [0.2, 0.25) is 0 Å². The van der Waals surface area contributed by atoms with Gasteiger partial charge in [0.2, 0.25) is 5.91 Å². The first kappa shape index (κ1) is 24.5. The number of H-pyrrole nitrogens is 2. The van der Waals surface area contributed by atoms with Gasteiger partial charge in [-0.05, 0) is 37.6 Å². The van der Waals surface area contributed by atoms with Crippen molar-refractivity contribution in [2.24, 2.45) is 0 Å². The molecular weight excluding hydrogens is 519 g/mol. The molecule has 0 unspecified atom stereocenters. The minimum atomic E-state index is -0.555. The molecule has 0 radical (unpaired) electrons. The Morgan fingerprint density at radius 1 is 1.08 bits per heavy atom. The summed E-state index contributed by atoms with van der Waals surface area (Å²) in [4.78, 5) is 46.0. The summed E-state index contributed by atoms with van der Waals surface area (Å²) in [6.45, 7) is 3.44. The summed E-state index contributed by atoms with van der Waals surface area (Å²) in [5.41, 5.74) is 3.54. The normalized spacial score (nSPS) is 11.4. The number of carbonyl (C=O) groups is 2. The molecule has 6 aromatic heterocycles. The number of hydrogen-bond acceptors (Lipinski definition) is 8. The van der Waals surface area contributed by atoms with Gasteiger partial charge < -0.3 is 10.3 Å². The number of hydrogen-bond donors (Lipinski definition) is 3. The smallest absolute Gasteiger partial charge is 0.224 e. The Labute approximate surface area is 224 Å². The Morgan fingerprint density at radius 3 is 2.74 bits per heavy atom. The van der Waals surface area contributed by atoms with Crippen LogP contribution in [0.25, 0.3) is 55.3 Å². The van der Waals surface area contributed by atoms with Crippen LogP contribution >= 0.6 is 11.3 Å². The Morgan fingerprint density at radius 2 is 1.95 bits per heavy atom. The zero-order valence-corrected chi connectivity index (χ0v) is 21.7. The van der Waals surface area contributed by atoms with Crippen LogP contribution in [-0.2, 0) is 4.79 Å². The molecule has 6 heterocycles. The van der Waals surface area contributed by atoms with Crippen molar-refractivity contribution in [3.05, 3.63) is 59.7 Å². The lowest BCUT2D eigenvalue weighted by molar-refractivity contribution is -0.116. The molecule has 0 fully saturated rings. The minimum Gasteiger partial charge on any atom is -0.335 e. The van der Waals surface area contributed by atoms with Gasteiger partial charge in [-0.1, -0.05) is 6.92 Å². The van der Waals surface area contributed by atoms with Gasteiger partial charge in [0.15, 0.2) is 22.9 Å². The van der Waals surface area contributed by atoms with Crippen molar-refractivity contribution in [1.29, 1.82) is 0 Å². The third-order valence-corrected chi connectivity index (χ3v) is 7.40. The zero-order valence-electron chi connectivity index (χ0n) is 20.9. The number of anilines is 1. The highest BCUT2D eigenvalue weighted by atomic mass is 32.1. The topological polar surface area (TPSA) is 142 Å². The van der Waals surface area contributed by atoms with Crippen molar-refractivity contribution in [2.45, 2.75) is 26.7 Å². The number of fused-ring (bicyclic) bond motifs is 2. The van der Waals surface area contributed by atoms with E-state index in [4.69, 9.17) is 0 Å². The lowest BCUT2D eigenvalue weighted by Gasteiger charge is -2.08. The van der Waals surface area contributed by atoms with E-state index in [1.54, 1.807) is 18.3 Å². The Kier molecular flexibility index (Phi) is 6.15. The van der Waals surface area contributed by atoms with Crippen LogP contribution in [-0.4, -0.2) is 46.8 Å². The van der Waals surface area contributed by atoms with Gasteiger partial charge in [0.1, 0.15) is 11.5 Å². The molecule has 0 saturated heterocycles. The van der Waals surface area contributed by atoms with Crippen molar-refractivity contribution in [3.8, 4) is 33.1 Å². The van der Waals surface area contributed by atoms with Gasteiger partial charge in [0.25, 0.3) is 0 Å². The molecule has 10 nitrogen and oxygen atoms in total. The number of aromatic amines is 2. The van der Waals surface area contributed by atoms with Gasteiger partial charge in [-0.3, -0.25) is 19.7 Å². The number of pyridine rings is 3. The third-order valence-electron chi connectivity index (χ3n) is 6.18. The summed E-state index contributed by atoms with van der Waals surface area (Å²) >= 11 is 1.38. The fourth-order valence-corrected chi connectivity index (χ4v) is 5.27. The average Bonchev–Trinajstić information content (AvgIpc) is 3.67. The summed E-state index contributed by atoms with van der Waals surface area (Å²) in [6, 6.07) is 7.16. The van der Waals surface area contributed by atoms with Crippen LogP contribution in [0.1, 0.15) is 36.4 Å². The van der Waals surface area contributed by atoms with Crippen molar-refractivity contribution < 1.29 is 14.0 Å². The summed E-state index contributed by atoms with van der Waals surface area (Å²) < 4.78 is 16.0. The number of amides is 1. The van der Waals surface area contributed by atoms with Gasteiger partial charge >= 0.3 is 0 Å². The van der Waals surface area contributed by atoms with Crippen molar-refractivity contribution in [3.63, 3.8) is 0 Å². The highest BCUT2D eigenvalue weighted by Gasteiger charge is 2.22. The number of thiophene rings is 1. The van der Waals surface area contributed by atoms with Gasteiger partial charge in [-0.25, -0.2) is 19.3 Å². The molecule has 6 aromatic rings. The molecule has 0 aliphatic heterocycles. The average molecular weight is 541 g/mol. The second-order valence-corrected chi connectivity index (χ2v) is 9.99. The molecule has 6 rings (SSSR count). The van der Waals surface area contributed by atoms with Crippen LogP contribution in [0.5, 0.6) is 0 Å². The first-order valence-electron chi connectivity index (χ1n) is 12.2. The molecule has 0 aromatic carbocycles. The predicted octanol–water partition coefficient (Wildman–Crippen LogP) is 5.77. The summed E-state index contributed by atoms with van der Waals surface area (Å²) in [7, 11) is 0. The Balaban J connectivity index is 1.43. The van der Waals surface area contributed by atoms with Gasteiger partial charge in [-0.15, -0.1) is 11.3 Å². The molecule has 3 N–H and O–H groups in total. The van der Waals surface area contributed by atoms with Crippen molar-refractivity contribution in [2.75, 3.05) is 5.32 Å². The molecule has 39 heavy (non-hydrogen) atoms. The van der Waals surface area contributed by atoms with E-state index in [2.05, 4.69) is 40.4 Å². The molecule has 0 spiro atoms. The van der Waals surface area contributed by atoms with Crippen LogP contribution in [0, 0.1) is 5.82 Å². The van der Waals surface area contributed by atoms with Gasteiger partial charge in [0.05, 0.1) is 27.7 Å². The Bertz CT molecular complexity index is 1890. The number of ketones is 1. The number of nitrogens with one attached hydrogen (secondary N) is 3. The summed E-state index contributed by atoms with van der Waals surface area (Å²) in [5, 5.41) is 9.97. The number of imidazole rings is 1. The van der Waals surface area contributed by atoms with E-state index in [0.29, 0.717) is 51.7 Å². The van der Waals surface area contributed by atoms with E-state index < -0.39 is 5.82 Å². The fraction of sp³-hybridized carbons (Fsp3) is 0.148. The maximum absolute atomic E-state index is 16.0. The van der Waals surface area contributed by atoms with E-state index in [0.717, 1.165) is 10.4 Å². The number of rotatable bonds is 7. The zero-order chi connectivity index (χ0) is 27.1. The molecule has 12 heteroatoms. The number of carbonyl (C=O) groups excluding carboxylic acids is 2. The number of nitrogens with zero attached hydrogens (tertiary/aromatic N) is 5. The monoisotopic (exact) mass is 540 g/mol. The van der Waals surface area contributed by atoms with E-state index in [1.165, 1.54) is 36.9 Å². The third kappa shape index (κ3) is 4.44. The number of Topliss-reactive ketones (excluding diaryl/α,β-unsaturated/α-hetero) is 1. The molecule has 0 saturated carbocycles. The minimum absolute atomic E-state index is 0.00589. The molecule has 1 amide bonds. The molecule has 194 valence electrons. The molecule has 0 aliphatic carbocycles. The fourth-order valence-electron chi connectivity index (χ4n) is 4.34. The maximum atomic E-state index is 16.0. The van der Waals surface area contributed by atoms with E-state index in [-0.39, 0.29) is 28.3 Å². The summed E-state index contributed by atoms with van der Waals surface area (Å²) in [5.74, 6) is -0.359. The van der Waals surface area contributed by atoms with E-state index >= 15 is 4.39 Å². The largest absolute Gasteiger partial charge is 0.335 e. The molecular formula is C27H21FN8O2S. The first-order valence-corrected chi connectivity index (χ1v) is 13.0. The lowest BCUT2D eigenvalue weighted by atomic mass is 10.1. The highest BCUT2D eigenvalue weighted by molar-refractivity contribution is 7.17. The lowest BCUT2D eigenvalue weighted by Crippen LogP contribution is -2.10. The quantitative estimate of drug-likeness (QED) is 0.218. The number of aromatic nitrogens is 7. The van der Waals surface area contributed by atoms with E-state index in [9.17, 15) is 9.59 Å². The first-order chi connectivity index (χ1) is 18.9. The molecule has 0 aliphatic rings. The van der Waals surface area contributed by atoms with Gasteiger partial charge in [-0.2, -0.15) is 5.10 Å². The van der Waals surface area contributed by atoms with Gasteiger partial charge in [0, 0.05) is 46.6 Å². The Hall–Kier alpha value is -4.84. The van der Waals surface area contributed by atoms with Crippen molar-refractivity contribution in [1.82, 2.24) is 35.1 Å². The SMILES string of the molecule is CCCC(=O)Nc1cncc(-c2cnc3n[nH]c(-c4nc5nccc(-c6ccc(C(C)=O)s6)c5[nH]4)c3c2F)c1. The summed E-state index contributed by atoms with van der Waals surface area (Å²) in [6.07, 6.45) is 7.13. The van der Waals surface area contributed by atoms with Crippen LogP contribution in [0.3, 0.4) is 0 Å². The van der Waals surface area contributed by atoms with Crippen LogP contribution < -0.4 is 5.32 Å². The van der Waals surface area contributed by atoms with Crippen LogP contribution in [0.15, 0.2) is 49.1 Å². The highest BCUT2D eigenvalue weighted by Crippen LogP contribution is 2.36. The van der Waals surface area contributed by atoms with E-state index in [1.807, 2.05) is 19.1 Å².